The van der Waals surface area contributed by atoms with Gasteiger partial charge in [0.25, 0.3) is 11.8 Å². The van der Waals surface area contributed by atoms with Crippen LogP contribution in [0.2, 0.25) is 0 Å². The minimum absolute atomic E-state index is 0.0758. The van der Waals surface area contributed by atoms with Crippen LogP contribution in [-0.2, 0) is 16.0 Å². The van der Waals surface area contributed by atoms with Crippen LogP contribution in [0.5, 0.6) is 0 Å². The molecule has 0 aliphatic carbocycles. The van der Waals surface area contributed by atoms with Gasteiger partial charge in [0.2, 0.25) is 0 Å². The van der Waals surface area contributed by atoms with Gasteiger partial charge in [-0.1, -0.05) is 22.0 Å². The van der Waals surface area contributed by atoms with Gasteiger partial charge in [-0.3, -0.25) is 14.5 Å². The van der Waals surface area contributed by atoms with E-state index in [0.717, 1.165) is 45.8 Å². The van der Waals surface area contributed by atoms with Gasteiger partial charge in [0.05, 0.1) is 36.1 Å². The van der Waals surface area contributed by atoms with Crippen LogP contribution in [0.3, 0.4) is 0 Å². The number of anilines is 1. The van der Waals surface area contributed by atoms with Crippen molar-refractivity contribution in [2.45, 2.75) is 19.4 Å². The maximum Gasteiger partial charge on any atom is 0.256 e. The molecule has 2 aromatic rings. The van der Waals surface area contributed by atoms with Crippen molar-refractivity contribution < 1.29 is 19.4 Å². The Balaban J connectivity index is 1.36. The standard InChI is InChI=1S/C24H27BrN4O4/c1-14-20(11-16-22-17(25)3-2-4-18(22)27-23(16)31)26-19-5-6-29(24(32)21(14)19)13-15(30)12-28-7-9-33-10-8-28/h2-4,11,15,26,30H,5-10,12-13H2,1H3,(H,27,31)/t15-/m0/s1. The number of aromatic nitrogens is 1. The zero-order valence-corrected chi connectivity index (χ0v) is 20.1. The van der Waals surface area contributed by atoms with Gasteiger partial charge in [-0.05, 0) is 30.7 Å². The molecule has 0 radical (unpaired) electrons. The monoisotopic (exact) mass is 514 g/mol. The van der Waals surface area contributed by atoms with E-state index in [1.165, 1.54) is 0 Å². The van der Waals surface area contributed by atoms with Gasteiger partial charge in [0.15, 0.2) is 0 Å². The summed E-state index contributed by atoms with van der Waals surface area (Å²) in [7, 11) is 0. The molecule has 0 bridgehead atoms. The number of nitrogens with zero attached hydrogens (tertiary/aromatic N) is 2. The number of fused-ring (bicyclic) bond motifs is 2. The van der Waals surface area contributed by atoms with E-state index in [0.29, 0.717) is 50.4 Å². The highest BCUT2D eigenvalue weighted by molar-refractivity contribution is 9.10. The Labute approximate surface area is 200 Å². The van der Waals surface area contributed by atoms with Crippen molar-refractivity contribution in [1.29, 1.82) is 0 Å². The lowest BCUT2D eigenvalue weighted by Gasteiger charge is -2.32. The minimum Gasteiger partial charge on any atom is -0.390 e. The predicted molar refractivity (Wildman–Crippen MR) is 129 cm³/mol. The molecule has 3 aliphatic rings. The summed E-state index contributed by atoms with van der Waals surface area (Å²) in [5, 5.41) is 13.5. The highest BCUT2D eigenvalue weighted by atomic mass is 79.9. The first-order chi connectivity index (χ1) is 15.9. The maximum absolute atomic E-state index is 13.3. The largest absolute Gasteiger partial charge is 0.390 e. The quantitative estimate of drug-likeness (QED) is 0.531. The molecule has 1 atom stereocenters. The number of hydrogen-bond acceptors (Lipinski definition) is 5. The number of H-pyrrole nitrogens is 1. The van der Waals surface area contributed by atoms with Crippen molar-refractivity contribution in [3.63, 3.8) is 0 Å². The second-order valence-corrected chi connectivity index (χ2v) is 9.61. The van der Waals surface area contributed by atoms with Gasteiger partial charge in [0, 0.05) is 60.6 Å². The van der Waals surface area contributed by atoms with Crippen LogP contribution < -0.4 is 5.32 Å². The number of benzene rings is 1. The lowest BCUT2D eigenvalue weighted by Crippen LogP contribution is -2.47. The Morgan fingerprint density at radius 3 is 2.76 bits per heavy atom. The van der Waals surface area contributed by atoms with E-state index >= 15 is 0 Å². The SMILES string of the molecule is Cc1c(C=C2C(=O)Nc3cccc(Br)c32)[nH]c2c1C(=O)N(C[C@@H](O)CN1CCOCC1)CC2. The molecule has 174 valence electrons. The molecule has 3 N–H and O–H groups in total. The fourth-order valence-electron chi connectivity index (χ4n) is 4.86. The van der Waals surface area contributed by atoms with Crippen molar-refractivity contribution in [1.82, 2.24) is 14.8 Å². The van der Waals surface area contributed by atoms with Crippen LogP contribution >= 0.6 is 15.9 Å². The number of carbonyl (C=O) groups excluding carboxylic acids is 2. The predicted octanol–water partition coefficient (Wildman–Crippen LogP) is 2.27. The molecule has 1 saturated heterocycles. The minimum atomic E-state index is -0.606. The number of halogens is 1. The lowest BCUT2D eigenvalue weighted by atomic mass is 10.0. The van der Waals surface area contributed by atoms with Crippen molar-refractivity contribution >= 4 is 45.1 Å². The molecule has 5 rings (SSSR count). The molecule has 0 unspecified atom stereocenters. The molecular formula is C24H27BrN4O4. The van der Waals surface area contributed by atoms with Gasteiger partial charge >= 0.3 is 0 Å². The molecule has 0 spiro atoms. The molecule has 1 aromatic carbocycles. The second kappa shape index (κ2) is 9.06. The number of aliphatic hydroxyl groups is 1. The molecule has 3 aliphatic heterocycles. The zero-order valence-electron chi connectivity index (χ0n) is 18.5. The number of carbonyl (C=O) groups is 2. The number of aliphatic hydroxyl groups excluding tert-OH is 1. The lowest BCUT2D eigenvalue weighted by molar-refractivity contribution is -0.110. The summed E-state index contributed by atoms with van der Waals surface area (Å²) in [6, 6.07) is 5.66. The number of β-amino-alcohol motifs (C(OH)–C–C–N with tert-alkyl or cyclic N) is 1. The summed E-state index contributed by atoms with van der Waals surface area (Å²) < 4.78 is 6.20. The van der Waals surface area contributed by atoms with Gasteiger partial charge in [-0.25, -0.2) is 0 Å². The number of rotatable bonds is 5. The second-order valence-electron chi connectivity index (χ2n) is 8.76. The summed E-state index contributed by atoms with van der Waals surface area (Å²) in [5.74, 6) is -0.240. The van der Waals surface area contributed by atoms with Crippen LogP contribution in [0.4, 0.5) is 5.69 Å². The number of aromatic amines is 1. The van der Waals surface area contributed by atoms with E-state index in [9.17, 15) is 14.7 Å². The Morgan fingerprint density at radius 1 is 1.18 bits per heavy atom. The van der Waals surface area contributed by atoms with Crippen LogP contribution in [-0.4, -0.2) is 83.7 Å². The summed E-state index contributed by atoms with van der Waals surface area (Å²) in [6.07, 6.45) is 1.90. The van der Waals surface area contributed by atoms with E-state index in [1.54, 1.807) is 4.90 Å². The third-order valence-electron chi connectivity index (χ3n) is 6.57. The maximum atomic E-state index is 13.3. The van der Waals surface area contributed by atoms with E-state index in [-0.39, 0.29) is 11.8 Å². The van der Waals surface area contributed by atoms with Gasteiger partial charge < -0.3 is 25.0 Å². The third kappa shape index (κ3) is 4.26. The number of nitrogens with one attached hydrogen (secondary N) is 2. The Hall–Kier alpha value is -2.46. The van der Waals surface area contributed by atoms with Crippen LogP contribution in [0.15, 0.2) is 22.7 Å². The summed E-state index contributed by atoms with van der Waals surface area (Å²) in [6.45, 7) is 6.26. The molecule has 33 heavy (non-hydrogen) atoms. The molecule has 9 heteroatoms. The number of morpholine rings is 1. The molecule has 1 aromatic heterocycles. The number of ether oxygens (including phenoxy) is 1. The molecule has 8 nitrogen and oxygen atoms in total. The van der Waals surface area contributed by atoms with Crippen LogP contribution in [0.25, 0.3) is 11.6 Å². The zero-order chi connectivity index (χ0) is 23.1. The van der Waals surface area contributed by atoms with E-state index in [4.69, 9.17) is 4.74 Å². The van der Waals surface area contributed by atoms with Crippen molar-refractivity contribution in [3.05, 3.63) is 50.8 Å². The average Bonchev–Trinajstić information content (AvgIpc) is 3.28. The van der Waals surface area contributed by atoms with Crippen molar-refractivity contribution in [2.24, 2.45) is 0 Å². The number of hydrogen-bond donors (Lipinski definition) is 3. The van der Waals surface area contributed by atoms with Gasteiger partial charge in [0.1, 0.15) is 0 Å². The highest BCUT2D eigenvalue weighted by Gasteiger charge is 2.32. The average molecular weight is 515 g/mol. The summed E-state index contributed by atoms with van der Waals surface area (Å²) in [5.41, 5.74) is 5.27. The Kier molecular flexibility index (Phi) is 6.13. The molecule has 4 heterocycles. The topological polar surface area (TPSA) is 97.9 Å². The van der Waals surface area contributed by atoms with E-state index in [2.05, 4.69) is 31.1 Å². The normalized spacial score (nSPS) is 20.7. The van der Waals surface area contributed by atoms with Gasteiger partial charge in [-0.2, -0.15) is 0 Å². The molecule has 2 amide bonds. The Bertz CT molecular complexity index is 1140. The molecule has 0 saturated carbocycles. The first-order valence-electron chi connectivity index (χ1n) is 11.2. The number of amides is 2. The first-order valence-corrected chi connectivity index (χ1v) is 12.0. The smallest absolute Gasteiger partial charge is 0.256 e. The fraction of sp³-hybridized carbons (Fsp3) is 0.417. The summed E-state index contributed by atoms with van der Waals surface area (Å²) >= 11 is 3.54. The highest BCUT2D eigenvalue weighted by Crippen LogP contribution is 2.39. The van der Waals surface area contributed by atoms with Crippen LogP contribution in [0.1, 0.15) is 32.9 Å². The fourth-order valence-corrected chi connectivity index (χ4v) is 5.44. The van der Waals surface area contributed by atoms with Gasteiger partial charge in [-0.15, -0.1) is 0 Å². The third-order valence-corrected chi connectivity index (χ3v) is 7.23. The van der Waals surface area contributed by atoms with Crippen molar-refractivity contribution in [2.75, 3.05) is 51.3 Å². The molecular weight excluding hydrogens is 488 g/mol. The van der Waals surface area contributed by atoms with Crippen molar-refractivity contribution in [3.8, 4) is 0 Å². The molecule has 1 fully saturated rings. The first kappa shape index (κ1) is 22.3. The van der Waals surface area contributed by atoms with E-state index in [1.807, 2.05) is 31.2 Å². The van der Waals surface area contributed by atoms with E-state index < -0.39 is 6.10 Å². The Morgan fingerprint density at radius 2 is 1.97 bits per heavy atom. The summed E-state index contributed by atoms with van der Waals surface area (Å²) in [4.78, 5) is 33.2. The van der Waals surface area contributed by atoms with Crippen LogP contribution in [0, 0.1) is 6.92 Å².